The lowest BCUT2D eigenvalue weighted by atomic mass is 10.1. The van der Waals surface area contributed by atoms with E-state index in [9.17, 15) is 0 Å². The number of nitrogens with one attached hydrogen (secondary N) is 1. The van der Waals surface area contributed by atoms with Crippen molar-refractivity contribution in [3.63, 3.8) is 0 Å². The van der Waals surface area contributed by atoms with Crippen molar-refractivity contribution in [3.05, 3.63) is 54.2 Å². The normalized spacial score (nSPS) is 19.5. The second-order valence-electron chi connectivity index (χ2n) is 5.11. The number of benzene rings is 1. The van der Waals surface area contributed by atoms with Crippen LogP contribution < -0.4 is 5.32 Å². The van der Waals surface area contributed by atoms with Crippen LogP contribution in [0.15, 0.2) is 48.7 Å². The van der Waals surface area contributed by atoms with Crippen LogP contribution in [-0.2, 0) is 0 Å². The molecular formula is C16H19N3. The topological polar surface area (TPSA) is 28.2 Å². The highest BCUT2D eigenvalue weighted by molar-refractivity contribution is 5.55. The van der Waals surface area contributed by atoms with Gasteiger partial charge in [-0.05, 0) is 50.2 Å². The predicted molar refractivity (Wildman–Crippen MR) is 78.6 cm³/mol. The molecule has 0 radical (unpaired) electrons. The molecule has 1 saturated heterocycles. The highest BCUT2D eigenvalue weighted by atomic mass is 15.1. The summed E-state index contributed by atoms with van der Waals surface area (Å²) >= 11 is 0. The molecule has 1 atom stereocenters. The molecular weight excluding hydrogens is 234 g/mol. The van der Waals surface area contributed by atoms with E-state index < -0.39 is 0 Å². The van der Waals surface area contributed by atoms with Gasteiger partial charge in [0, 0.05) is 17.9 Å². The van der Waals surface area contributed by atoms with E-state index in [-0.39, 0.29) is 0 Å². The number of rotatable bonds is 3. The van der Waals surface area contributed by atoms with Gasteiger partial charge in [-0.15, -0.1) is 0 Å². The summed E-state index contributed by atoms with van der Waals surface area (Å²) in [6.07, 6.45) is 4.52. The second-order valence-corrected chi connectivity index (χ2v) is 5.11. The Morgan fingerprint density at radius 3 is 2.63 bits per heavy atom. The first kappa shape index (κ1) is 12.2. The zero-order valence-electron chi connectivity index (χ0n) is 11.2. The Hall–Kier alpha value is -1.87. The molecule has 1 fully saturated rings. The largest absolute Gasteiger partial charge is 0.340 e. The standard InChI is InChI=1S/C16H19N3/c1-19-11-5-8-15(19)13-9-10-16(17-12-13)18-14-6-3-2-4-7-14/h2-4,6-7,9-10,12,15H,5,8,11H2,1H3,(H,17,18)/t15-/m1/s1. The summed E-state index contributed by atoms with van der Waals surface area (Å²) in [5.74, 6) is 0.899. The molecule has 0 amide bonds. The van der Waals surface area contributed by atoms with Crippen molar-refractivity contribution in [2.45, 2.75) is 18.9 Å². The minimum absolute atomic E-state index is 0.540. The van der Waals surface area contributed by atoms with Crippen LogP contribution in [0, 0.1) is 0 Å². The van der Waals surface area contributed by atoms with E-state index in [0.29, 0.717) is 6.04 Å². The van der Waals surface area contributed by atoms with E-state index in [1.54, 1.807) is 0 Å². The Kier molecular flexibility index (Phi) is 3.47. The van der Waals surface area contributed by atoms with Gasteiger partial charge in [0.1, 0.15) is 5.82 Å². The molecule has 0 aliphatic carbocycles. The third-order valence-corrected chi connectivity index (χ3v) is 3.74. The number of para-hydroxylation sites is 1. The lowest BCUT2D eigenvalue weighted by molar-refractivity contribution is 0.317. The predicted octanol–water partition coefficient (Wildman–Crippen LogP) is 3.59. The summed E-state index contributed by atoms with van der Waals surface area (Å²) in [5.41, 5.74) is 2.39. The number of likely N-dealkylation sites (tertiary alicyclic amines) is 1. The first-order valence-corrected chi connectivity index (χ1v) is 6.81. The Bertz CT molecular complexity index is 521. The summed E-state index contributed by atoms with van der Waals surface area (Å²) < 4.78 is 0. The molecule has 3 heteroatoms. The molecule has 0 unspecified atom stereocenters. The van der Waals surface area contributed by atoms with E-state index >= 15 is 0 Å². The van der Waals surface area contributed by atoms with Gasteiger partial charge >= 0.3 is 0 Å². The van der Waals surface area contributed by atoms with Crippen molar-refractivity contribution in [1.82, 2.24) is 9.88 Å². The first-order valence-electron chi connectivity index (χ1n) is 6.81. The number of anilines is 2. The number of hydrogen-bond acceptors (Lipinski definition) is 3. The Morgan fingerprint density at radius 1 is 1.16 bits per heavy atom. The monoisotopic (exact) mass is 253 g/mol. The van der Waals surface area contributed by atoms with E-state index in [1.165, 1.54) is 24.9 Å². The quantitative estimate of drug-likeness (QED) is 0.906. The molecule has 1 N–H and O–H groups in total. The van der Waals surface area contributed by atoms with Gasteiger partial charge in [0.2, 0.25) is 0 Å². The van der Waals surface area contributed by atoms with Crippen LogP contribution in [0.5, 0.6) is 0 Å². The van der Waals surface area contributed by atoms with Gasteiger partial charge in [0.05, 0.1) is 0 Å². The zero-order valence-corrected chi connectivity index (χ0v) is 11.2. The summed E-state index contributed by atoms with van der Waals surface area (Å²) in [4.78, 5) is 6.92. The Balaban J connectivity index is 1.72. The first-order chi connectivity index (χ1) is 9.33. The molecule has 98 valence electrons. The highest BCUT2D eigenvalue weighted by Crippen LogP contribution is 2.30. The van der Waals surface area contributed by atoms with Crippen LogP contribution in [0.25, 0.3) is 0 Å². The number of hydrogen-bond donors (Lipinski definition) is 1. The van der Waals surface area contributed by atoms with Crippen molar-refractivity contribution < 1.29 is 0 Å². The molecule has 0 bridgehead atoms. The van der Waals surface area contributed by atoms with E-state index in [4.69, 9.17) is 0 Å². The fourth-order valence-electron chi connectivity index (χ4n) is 2.68. The minimum Gasteiger partial charge on any atom is -0.340 e. The van der Waals surface area contributed by atoms with Crippen molar-refractivity contribution in [2.24, 2.45) is 0 Å². The van der Waals surface area contributed by atoms with Gasteiger partial charge in [-0.3, -0.25) is 4.90 Å². The lowest BCUT2D eigenvalue weighted by Gasteiger charge is -2.19. The number of pyridine rings is 1. The minimum atomic E-state index is 0.540. The fraction of sp³-hybridized carbons (Fsp3) is 0.312. The maximum absolute atomic E-state index is 4.52. The Morgan fingerprint density at radius 2 is 2.00 bits per heavy atom. The van der Waals surface area contributed by atoms with Crippen LogP contribution in [0.3, 0.4) is 0 Å². The van der Waals surface area contributed by atoms with Gasteiger partial charge < -0.3 is 5.32 Å². The lowest BCUT2D eigenvalue weighted by Crippen LogP contribution is -2.17. The van der Waals surface area contributed by atoms with Crippen molar-refractivity contribution in [1.29, 1.82) is 0 Å². The maximum Gasteiger partial charge on any atom is 0.130 e. The fourth-order valence-corrected chi connectivity index (χ4v) is 2.68. The molecule has 1 aliphatic rings. The van der Waals surface area contributed by atoms with Crippen LogP contribution in [0.4, 0.5) is 11.5 Å². The Labute approximate surface area is 114 Å². The molecule has 0 spiro atoms. The smallest absolute Gasteiger partial charge is 0.130 e. The maximum atomic E-state index is 4.52. The third-order valence-electron chi connectivity index (χ3n) is 3.74. The van der Waals surface area contributed by atoms with Crippen LogP contribution in [-0.4, -0.2) is 23.5 Å². The number of nitrogens with zero attached hydrogens (tertiary/aromatic N) is 2. The van der Waals surface area contributed by atoms with Crippen molar-refractivity contribution in [2.75, 3.05) is 18.9 Å². The van der Waals surface area contributed by atoms with E-state index in [1.807, 2.05) is 36.5 Å². The highest BCUT2D eigenvalue weighted by Gasteiger charge is 2.22. The molecule has 19 heavy (non-hydrogen) atoms. The number of aromatic nitrogens is 1. The summed E-state index contributed by atoms with van der Waals surface area (Å²) in [6.45, 7) is 1.19. The molecule has 2 heterocycles. The molecule has 3 nitrogen and oxygen atoms in total. The molecule has 3 rings (SSSR count). The molecule has 1 aromatic carbocycles. The van der Waals surface area contributed by atoms with E-state index in [0.717, 1.165) is 11.5 Å². The second kappa shape index (κ2) is 5.41. The van der Waals surface area contributed by atoms with Gasteiger partial charge in [-0.2, -0.15) is 0 Å². The zero-order chi connectivity index (χ0) is 13.1. The van der Waals surface area contributed by atoms with Gasteiger partial charge in [0.25, 0.3) is 0 Å². The van der Waals surface area contributed by atoms with E-state index in [2.05, 4.69) is 34.4 Å². The van der Waals surface area contributed by atoms with Gasteiger partial charge in [0.15, 0.2) is 0 Å². The summed E-state index contributed by atoms with van der Waals surface area (Å²) in [5, 5.41) is 3.31. The molecule has 1 aliphatic heterocycles. The molecule has 1 aromatic heterocycles. The average Bonchev–Trinajstić information content (AvgIpc) is 2.87. The van der Waals surface area contributed by atoms with Crippen molar-refractivity contribution in [3.8, 4) is 0 Å². The van der Waals surface area contributed by atoms with Gasteiger partial charge in [-0.25, -0.2) is 4.98 Å². The molecule has 2 aromatic rings. The van der Waals surface area contributed by atoms with Crippen molar-refractivity contribution >= 4 is 11.5 Å². The average molecular weight is 253 g/mol. The summed E-state index contributed by atoms with van der Waals surface area (Å²) in [7, 11) is 2.19. The summed E-state index contributed by atoms with van der Waals surface area (Å²) in [6, 6.07) is 14.9. The third kappa shape index (κ3) is 2.76. The SMILES string of the molecule is CN1CCC[C@@H]1c1ccc(Nc2ccccc2)nc1. The van der Waals surface area contributed by atoms with Crippen LogP contribution in [0.1, 0.15) is 24.4 Å². The van der Waals surface area contributed by atoms with Crippen LogP contribution in [0.2, 0.25) is 0 Å². The van der Waals surface area contributed by atoms with Gasteiger partial charge in [-0.1, -0.05) is 24.3 Å². The van der Waals surface area contributed by atoms with Crippen LogP contribution >= 0.6 is 0 Å². The molecule has 0 saturated carbocycles.